The van der Waals surface area contributed by atoms with Crippen LogP contribution in [0.3, 0.4) is 0 Å². The predicted octanol–water partition coefficient (Wildman–Crippen LogP) is 2.90. The first-order chi connectivity index (χ1) is 16.8. The molecular formula is C25H29F2N5O3. The lowest BCUT2D eigenvalue weighted by molar-refractivity contribution is 0.159. The fourth-order valence-electron chi connectivity index (χ4n) is 4.55. The lowest BCUT2D eigenvalue weighted by atomic mass is 9.94. The second-order valence-electron chi connectivity index (χ2n) is 8.68. The summed E-state index contributed by atoms with van der Waals surface area (Å²) in [6.45, 7) is 2.22. The second kappa shape index (κ2) is 10.4. The molecule has 1 aromatic heterocycles. The zero-order valence-corrected chi connectivity index (χ0v) is 19.9. The highest BCUT2D eigenvalue weighted by molar-refractivity contribution is 5.93. The highest BCUT2D eigenvalue weighted by Crippen LogP contribution is 2.29. The Morgan fingerprint density at radius 1 is 1.06 bits per heavy atom. The molecule has 1 aliphatic heterocycles. The first-order valence-corrected chi connectivity index (χ1v) is 11.3. The second-order valence-corrected chi connectivity index (χ2v) is 8.68. The molecule has 3 aromatic rings. The van der Waals surface area contributed by atoms with Crippen molar-refractivity contribution in [2.75, 3.05) is 38.7 Å². The van der Waals surface area contributed by atoms with E-state index in [-0.39, 0.29) is 17.5 Å². The van der Waals surface area contributed by atoms with Crippen molar-refractivity contribution in [1.82, 2.24) is 19.6 Å². The molecule has 0 aliphatic carbocycles. The van der Waals surface area contributed by atoms with Gasteiger partial charge in [0.05, 0.1) is 18.2 Å². The molecule has 10 heteroatoms. The van der Waals surface area contributed by atoms with E-state index in [1.54, 1.807) is 32.0 Å². The molecule has 186 valence electrons. The Morgan fingerprint density at radius 2 is 1.80 bits per heavy atom. The van der Waals surface area contributed by atoms with E-state index in [4.69, 9.17) is 4.74 Å². The van der Waals surface area contributed by atoms with Crippen molar-refractivity contribution < 1.29 is 18.3 Å². The maximum Gasteiger partial charge on any atom is 0.320 e. The number of hydrogen-bond acceptors (Lipinski definition) is 4. The standard InChI is InChI=1S/C25H29F2N5O3/c1-30-23(22(24(33)31(30)2)16-7-5-4-6-8-16)29-25(34)28-21-15-32(11-12-35-3)14-18(21)17-9-10-19(26)20(27)13-17/h4-10,13,18,21H,11-12,14-15H2,1-3H3,(H2,28,29,34)/t18-,21+/m0/s1. The third-order valence-electron chi connectivity index (χ3n) is 6.51. The van der Waals surface area contributed by atoms with Gasteiger partial charge >= 0.3 is 6.03 Å². The van der Waals surface area contributed by atoms with E-state index in [9.17, 15) is 18.4 Å². The monoisotopic (exact) mass is 485 g/mol. The van der Waals surface area contributed by atoms with Crippen LogP contribution < -0.4 is 16.2 Å². The summed E-state index contributed by atoms with van der Waals surface area (Å²) >= 11 is 0. The third-order valence-corrected chi connectivity index (χ3v) is 6.51. The lowest BCUT2D eigenvalue weighted by Gasteiger charge is -2.21. The molecule has 4 rings (SSSR count). The van der Waals surface area contributed by atoms with Gasteiger partial charge in [-0.1, -0.05) is 36.4 Å². The predicted molar refractivity (Wildman–Crippen MR) is 129 cm³/mol. The molecule has 0 unspecified atom stereocenters. The smallest absolute Gasteiger partial charge is 0.320 e. The molecule has 0 spiro atoms. The molecule has 0 radical (unpaired) electrons. The van der Waals surface area contributed by atoms with E-state index < -0.39 is 17.7 Å². The first-order valence-electron chi connectivity index (χ1n) is 11.3. The van der Waals surface area contributed by atoms with E-state index in [2.05, 4.69) is 15.5 Å². The summed E-state index contributed by atoms with van der Waals surface area (Å²) < 4.78 is 35.6. The van der Waals surface area contributed by atoms with Gasteiger partial charge in [0.2, 0.25) is 0 Å². The number of methoxy groups -OCH3 is 1. The van der Waals surface area contributed by atoms with Crippen molar-refractivity contribution in [2.24, 2.45) is 14.1 Å². The molecule has 2 aromatic carbocycles. The fourth-order valence-corrected chi connectivity index (χ4v) is 4.55. The quantitative estimate of drug-likeness (QED) is 0.539. The summed E-state index contributed by atoms with van der Waals surface area (Å²) in [5, 5.41) is 5.81. The zero-order chi connectivity index (χ0) is 25.1. The van der Waals surface area contributed by atoms with Gasteiger partial charge in [0.25, 0.3) is 5.56 Å². The van der Waals surface area contributed by atoms with Crippen LogP contribution in [0.25, 0.3) is 11.1 Å². The largest absolute Gasteiger partial charge is 0.383 e. The number of amides is 2. The van der Waals surface area contributed by atoms with Crippen LogP contribution in [0.2, 0.25) is 0 Å². The molecule has 1 fully saturated rings. The van der Waals surface area contributed by atoms with Crippen LogP contribution in [-0.2, 0) is 18.8 Å². The number of benzene rings is 2. The van der Waals surface area contributed by atoms with Crippen LogP contribution in [0.4, 0.5) is 19.4 Å². The lowest BCUT2D eigenvalue weighted by Crippen LogP contribution is -2.42. The van der Waals surface area contributed by atoms with Crippen LogP contribution in [-0.4, -0.2) is 59.7 Å². The number of carbonyl (C=O) groups excluding carboxylic acids is 1. The topological polar surface area (TPSA) is 80.5 Å². The number of ether oxygens (including phenoxy) is 1. The minimum absolute atomic E-state index is 0.236. The van der Waals surface area contributed by atoms with Gasteiger partial charge in [-0.15, -0.1) is 0 Å². The summed E-state index contributed by atoms with van der Waals surface area (Å²) in [5.74, 6) is -1.72. The van der Waals surface area contributed by atoms with Gasteiger partial charge < -0.3 is 10.1 Å². The van der Waals surface area contributed by atoms with Crippen molar-refractivity contribution in [3.05, 3.63) is 76.1 Å². The van der Waals surface area contributed by atoms with Crippen molar-refractivity contribution in [1.29, 1.82) is 0 Å². The first kappa shape index (κ1) is 24.6. The number of carbonyl (C=O) groups is 1. The molecule has 8 nitrogen and oxygen atoms in total. The van der Waals surface area contributed by atoms with Crippen molar-refractivity contribution in [3.8, 4) is 11.1 Å². The van der Waals surface area contributed by atoms with Gasteiger partial charge in [0.15, 0.2) is 11.6 Å². The number of nitrogens with zero attached hydrogens (tertiary/aromatic N) is 3. The molecule has 1 saturated heterocycles. The molecule has 1 aliphatic rings. The number of halogens is 2. The molecule has 2 N–H and O–H groups in total. The van der Waals surface area contributed by atoms with Crippen LogP contribution in [0.1, 0.15) is 11.5 Å². The van der Waals surface area contributed by atoms with Gasteiger partial charge in [-0.2, -0.15) is 0 Å². The van der Waals surface area contributed by atoms with Crippen molar-refractivity contribution in [3.63, 3.8) is 0 Å². The van der Waals surface area contributed by atoms with Crippen LogP contribution in [0.5, 0.6) is 0 Å². The zero-order valence-electron chi connectivity index (χ0n) is 19.9. The third kappa shape index (κ3) is 5.13. The van der Waals surface area contributed by atoms with E-state index in [1.807, 2.05) is 30.3 Å². The number of rotatable bonds is 7. The number of anilines is 1. The molecule has 35 heavy (non-hydrogen) atoms. The molecule has 0 saturated carbocycles. The van der Waals surface area contributed by atoms with Gasteiger partial charge in [0.1, 0.15) is 5.82 Å². The minimum Gasteiger partial charge on any atom is -0.383 e. The normalized spacial score (nSPS) is 18.1. The van der Waals surface area contributed by atoms with Gasteiger partial charge in [0, 0.05) is 46.8 Å². The Balaban J connectivity index is 1.58. The van der Waals surface area contributed by atoms with Crippen LogP contribution in [0.15, 0.2) is 53.3 Å². The molecular weight excluding hydrogens is 456 g/mol. The summed E-state index contributed by atoms with van der Waals surface area (Å²) in [6, 6.07) is 12.1. The molecule has 0 bridgehead atoms. The Labute approximate surface area is 202 Å². The molecule has 2 heterocycles. The Morgan fingerprint density at radius 3 is 2.49 bits per heavy atom. The summed E-state index contributed by atoms with van der Waals surface area (Å²) in [7, 11) is 4.93. The highest BCUT2D eigenvalue weighted by Gasteiger charge is 2.35. The Bertz CT molecular complexity index is 1260. The number of aromatic nitrogens is 2. The summed E-state index contributed by atoms with van der Waals surface area (Å²) in [6.07, 6.45) is 0. The van der Waals surface area contributed by atoms with Gasteiger partial charge in [-0.05, 0) is 23.3 Å². The number of nitrogens with one attached hydrogen (secondary N) is 2. The van der Waals surface area contributed by atoms with Crippen molar-refractivity contribution in [2.45, 2.75) is 12.0 Å². The Kier molecular flexibility index (Phi) is 7.32. The highest BCUT2D eigenvalue weighted by atomic mass is 19.2. The number of likely N-dealkylation sites (tertiary alicyclic amines) is 1. The van der Waals surface area contributed by atoms with Crippen LogP contribution >= 0.6 is 0 Å². The van der Waals surface area contributed by atoms with E-state index in [1.165, 1.54) is 10.7 Å². The van der Waals surface area contributed by atoms with Crippen molar-refractivity contribution >= 4 is 11.8 Å². The van der Waals surface area contributed by atoms with Gasteiger partial charge in [-0.3, -0.25) is 24.4 Å². The SMILES string of the molecule is COCCN1C[C@@H](NC(=O)Nc2c(-c3ccccc3)c(=O)n(C)n2C)[C@H](c2ccc(F)c(F)c2)C1. The fraction of sp³-hybridized carbons (Fsp3) is 0.360. The average molecular weight is 486 g/mol. The number of urea groups is 1. The summed E-state index contributed by atoms with van der Waals surface area (Å²) in [4.78, 5) is 28.1. The minimum atomic E-state index is -0.923. The van der Waals surface area contributed by atoms with E-state index >= 15 is 0 Å². The molecule has 2 amide bonds. The van der Waals surface area contributed by atoms with E-state index in [0.717, 1.165) is 6.07 Å². The Hall–Kier alpha value is -3.50. The average Bonchev–Trinajstić information content (AvgIpc) is 3.34. The summed E-state index contributed by atoms with van der Waals surface area (Å²) in [5.41, 5.74) is 1.44. The van der Waals surface area contributed by atoms with Gasteiger partial charge in [-0.25, -0.2) is 13.6 Å². The van der Waals surface area contributed by atoms with Crippen LogP contribution in [0, 0.1) is 11.6 Å². The number of hydrogen-bond donors (Lipinski definition) is 2. The molecule has 2 atom stereocenters. The van der Waals surface area contributed by atoms with E-state index in [0.29, 0.717) is 48.7 Å². The maximum absolute atomic E-state index is 14.0. The maximum atomic E-state index is 14.0.